The highest BCUT2D eigenvalue weighted by molar-refractivity contribution is 7.89. The maximum Gasteiger partial charge on any atom is 0.255 e. The molecule has 0 aliphatic carbocycles. The third kappa shape index (κ3) is 4.87. The molecular weight excluding hydrogens is 418 g/mol. The summed E-state index contributed by atoms with van der Waals surface area (Å²) in [5, 5.41) is 17.6. The number of fused-ring (bicyclic) bond motifs is 1. The molecule has 0 bridgehead atoms. The standard InChI is InChI=1S/C21H27N5O4S/c1-5-26(4)21(28)15-8-6-7-9-18(15)23-24-19-16-12-14(31(29,30)25-13(2)3)10-11-17(16)22-20(19)27/h6-13,20,22-23,25,27H,5H2,1-4H3/b24-19-. The Bertz CT molecular complexity index is 1110. The van der Waals surface area contributed by atoms with E-state index in [1.165, 1.54) is 12.1 Å². The van der Waals surface area contributed by atoms with E-state index in [2.05, 4.69) is 20.6 Å². The van der Waals surface area contributed by atoms with Gasteiger partial charge in [-0.2, -0.15) is 5.10 Å². The monoisotopic (exact) mass is 445 g/mol. The minimum Gasteiger partial charge on any atom is -0.368 e. The molecule has 1 aliphatic heterocycles. The lowest BCUT2D eigenvalue weighted by molar-refractivity contribution is 0.0803. The van der Waals surface area contributed by atoms with Gasteiger partial charge in [-0.1, -0.05) is 12.1 Å². The summed E-state index contributed by atoms with van der Waals surface area (Å²) in [4.78, 5) is 14.3. The molecule has 166 valence electrons. The van der Waals surface area contributed by atoms with E-state index >= 15 is 0 Å². The highest BCUT2D eigenvalue weighted by Crippen LogP contribution is 2.29. The maximum atomic E-state index is 12.6. The fourth-order valence-corrected chi connectivity index (χ4v) is 4.40. The molecule has 10 heteroatoms. The van der Waals surface area contributed by atoms with Gasteiger partial charge in [-0.05, 0) is 51.1 Å². The van der Waals surface area contributed by atoms with Crippen LogP contribution in [0.4, 0.5) is 11.4 Å². The van der Waals surface area contributed by atoms with Crippen LogP contribution in [-0.2, 0) is 10.0 Å². The van der Waals surface area contributed by atoms with Gasteiger partial charge < -0.3 is 15.3 Å². The predicted molar refractivity (Wildman–Crippen MR) is 121 cm³/mol. The maximum absolute atomic E-state index is 12.6. The number of benzene rings is 2. The Hall–Kier alpha value is -2.95. The number of anilines is 2. The highest BCUT2D eigenvalue weighted by Gasteiger charge is 2.29. The van der Waals surface area contributed by atoms with Crippen LogP contribution in [-0.4, -0.2) is 55.9 Å². The summed E-state index contributed by atoms with van der Waals surface area (Å²) in [6.07, 6.45) is -1.13. The van der Waals surface area contributed by atoms with E-state index in [0.717, 1.165) is 0 Å². The average Bonchev–Trinajstić information content (AvgIpc) is 3.04. The molecule has 31 heavy (non-hydrogen) atoms. The number of nitrogens with zero attached hydrogens (tertiary/aromatic N) is 2. The van der Waals surface area contributed by atoms with Crippen LogP contribution < -0.4 is 15.5 Å². The first-order valence-corrected chi connectivity index (χ1v) is 11.4. The lowest BCUT2D eigenvalue weighted by Crippen LogP contribution is -2.30. The van der Waals surface area contributed by atoms with Gasteiger partial charge in [0, 0.05) is 30.9 Å². The van der Waals surface area contributed by atoms with Gasteiger partial charge in [0.15, 0.2) is 6.23 Å². The molecule has 2 aromatic carbocycles. The lowest BCUT2D eigenvalue weighted by atomic mass is 10.1. The topological polar surface area (TPSA) is 123 Å². The van der Waals surface area contributed by atoms with Crippen molar-refractivity contribution in [2.45, 2.75) is 37.9 Å². The number of nitrogens with one attached hydrogen (secondary N) is 3. The van der Waals surface area contributed by atoms with Gasteiger partial charge in [-0.3, -0.25) is 10.2 Å². The Kier molecular flexibility index (Phi) is 6.63. The zero-order valence-electron chi connectivity index (χ0n) is 17.9. The smallest absolute Gasteiger partial charge is 0.255 e. The van der Waals surface area contributed by atoms with Crippen LogP contribution >= 0.6 is 0 Å². The normalized spacial score (nSPS) is 16.8. The minimum absolute atomic E-state index is 0.0729. The Labute approximate surface area is 182 Å². The molecule has 0 radical (unpaired) electrons. The Morgan fingerprint density at radius 3 is 2.65 bits per heavy atom. The quantitative estimate of drug-likeness (QED) is 0.484. The van der Waals surface area contributed by atoms with E-state index in [9.17, 15) is 18.3 Å². The van der Waals surface area contributed by atoms with Crippen LogP contribution in [0.2, 0.25) is 0 Å². The molecule has 2 aromatic rings. The van der Waals surface area contributed by atoms with E-state index in [1.54, 1.807) is 56.1 Å². The molecule has 0 spiro atoms. The van der Waals surface area contributed by atoms with E-state index < -0.39 is 16.3 Å². The number of hydrogen-bond donors (Lipinski definition) is 4. The van der Waals surface area contributed by atoms with Crippen LogP contribution in [0.1, 0.15) is 36.7 Å². The van der Waals surface area contributed by atoms with Crippen molar-refractivity contribution in [1.29, 1.82) is 0 Å². The molecule has 1 aliphatic rings. The van der Waals surface area contributed by atoms with Crippen molar-refractivity contribution in [3.05, 3.63) is 53.6 Å². The molecule has 4 N–H and O–H groups in total. The minimum atomic E-state index is -3.70. The van der Waals surface area contributed by atoms with Crippen LogP contribution in [0.5, 0.6) is 0 Å². The number of carbonyl (C=O) groups excluding carboxylic acids is 1. The molecule has 3 rings (SSSR count). The molecule has 0 fully saturated rings. The fourth-order valence-electron chi connectivity index (χ4n) is 3.13. The van der Waals surface area contributed by atoms with Crippen LogP contribution in [0.3, 0.4) is 0 Å². The van der Waals surface area contributed by atoms with E-state index in [-0.39, 0.29) is 22.6 Å². The number of aliphatic hydroxyl groups is 1. The van der Waals surface area contributed by atoms with Crippen molar-refractivity contribution < 1.29 is 18.3 Å². The van der Waals surface area contributed by atoms with Crippen molar-refractivity contribution in [3.63, 3.8) is 0 Å². The summed E-state index contributed by atoms with van der Waals surface area (Å²) in [7, 11) is -2.00. The predicted octanol–water partition coefficient (Wildman–Crippen LogP) is 2.03. The van der Waals surface area contributed by atoms with Crippen molar-refractivity contribution >= 4 is 33.0 Å². The number of hydrazone groups is 1. The molecule has 0 aromatic heterocycles. The van der Waals surface area contributed by atoms with Gasteiger partial charge >= 0.3 is 0 Å². The van der Waals surface area contributed by atoms with Crippen LogP contribution in [0.15, 0.2) is 52.5 Å². The number of amides is 1. The molecule has 1 heterocycles. The second kappa shape index (κ2) is 9.04. The summed E-state index contributed by atoms with van der Waals surface area (Å²) in [6.45, 7) is 5.91. The summed E-state index contributed by atoms with van der Waals surface area (Å²) in [5.41, 5.74) is 5.02. The Morgan fingerprint density at radius 2 is 1.97 bits per heavy atom. The molecule has 0 saturated heterocycles. The number of para-hydroxylation sites is 1. The second-order valence-electron chi connectivity index (χ2n) is 7.50. The van der Waals surface area contributed by atoms with Crippen molar-refractivity contribution in [1.82, 2.24) is 9.62 Å². The molecule has 1 amide bonds. The molecule has 1 atom stereocenters. The number of rotatable bonds is 7. The van der Waals surface area contributed by atoms with Crippen molar-refractivity contribution in [2.75, 3.05) is 24.3 Å². The third-order valence-corrected chi connectivity index (χ3v) is 6.45. The summed E-state index contributed by atoms with van der Waals surface area (Å²) >= 11 is 0. The van der Waals surface area contributed by atoms with Gasteiger partial charge in [0.25, 0.3) is 5.91 Å². The number of carbonyl (C=O) groups is 1. The second-order valence-corrected chi connectivity index (χ2v) is 9.22. The van der Waals surface area contributed by atoms with Gasteiger partial charge in [-0.25, -0.2) is 13.1 Å². The number of hydrogen-bond acceptors (Lipinski definition) is 7. The van der Waals surface area contributed by atoms with E-state index in [0.29, 0.717) is 29.0 Å². The van der Waals surface area contributed by atoms with Crippen LogP contribution in [0, 0.1) is 0 Å². The van der Waals surface area contributed by atoms with Crippen molar-refractivity contribution in [3.8, 4) is 0 Å². The molecular formula is C21H27N5O4S. The lowest BCUT2D eigenvalue weighted by Gasteiger charge is -2.17. The summed E-state index contributed by atoms with van der Waals surface area (Å²) in [5.74, 6) is -0.163. The summed E-state index contributed by atoms with van der Waals surface area (Å²) in [6, 6.07) is 11.2. The largest absolute Gasteiger partial charge is 0.368 e. The van der Waals surface area contributed by atoms with Gasteiger partial charge in [0.05, 0.1) is 16.1 Å². The molecule has 9 nitrogen and oxygen atoms in total. The average molecular weight is 446 g/mol. The highest BCUT2D eigenvalue weighted by atomic mass is 32.2. The van der Waals surface area contributed by atoms with Crippen molar-refractivity contribution in [2.24, 2.45) is 5.10 Å². The Balaban J connectivity index is 1.95. The number of aliphatic hydroxyl groups excluding tert-OH is 1. The zero-order valence-corrected chi connectivity index (χ0v) is 18.7. The first-order valence-electron chi connectivity index (χ1n) is 9.93. The third-order valence-electron chi connectivity index (χ3n) is 4.79. The molecule has 1 unspecified atom stereocenters. The van der Waals surface area contributed by atoms with E-state index in [1.807, 2.05) is 6.92 Å². The molecule has 0 saturated carbocycles. The van der Waals surface area contributed by atoms with E-state index in [4.69, 9.17) is 0 Å². The zero-order chi connectivity index (χ0) is 22.8. The SMILES string of the molecule is CCN(C)C(=O)c1ccccc1N/N=C1/c2cc(S(=O)(=O)NC(C)C)ccc2NC1O. The summed E-state index contributed by atoms with van der Waals surface area (Å²) < 4.78 is 27.6. The Morgan fingerprint density at radius 1 is 1.26 bits per heavy atom. The van der Waals surface area contributed by atoms with Gasteiger partial charge in [0.2, 0.25) is 10.0 Å². The fraction of sp³-hybridized carbons (Fsp3) is 0.333. The number of sulfonamides is 1. The van der Waals surface area contributed by atoms with Crippen LogP contribution in [0.25, 0.3) is 0 Å². The van der Waals surface area contributed by atoms with Gasteiger partial charge in [-0.15, -0.1) is 0 Å². The first-order chi connectivity index (χ1) is 14.6. The first kappa shape index (κ1) is 22.7. The van der Waals surface area contributed by atoms with Gasteiger partial charge in [0.1, 0.15) is 5.71 Å².